The molecule has 2 aromatic heterocycles. The number of hydrogen-bond donors (Lipinski definition) is 2. The molecule has 0 saturated carbocycles. The van der Waals surface area contributed by atoms with Crippen molar-refractivity contribution in [2.24, 2.45) is 0 Å². The predicted octanol–water partition coefficient (Wildman–Crippen LogP) is -0.130. The van der Waals surface area contributed by atoms with E-state index < -0.39 is 27.8 Å². The Bertz CT molecular complexity index is 699. The van der Waals surface area contributed by atoms with Crippen LogP contribution in [0.1, 0.15) is 16.3 Å². The van der Waals surface area contributed by atoms with E-state index in [1.54, 1.807) is 0 Å². The zero-order valence-electron chi connectivity index (χ0n) is 9.52. The third-order valence-electron chi connectivity index (χ3n) is 2.18. The Morgan fingerprint density at radius 1 is 1.58 bits per heavy atom. The molecule has 0 radical (unpaired) electrons. The standard InChI is InChI=1S/C9H7N5O5/c1-4-10-6(2-7(15)11-4)13-3-5(14(18)19)8(12-13)9(16)17/h2-3H,1H3,(H,16,17)(H,10,11,15). The zero-order chi connectivity index (χ0) is 14.2. The number of rotatable bonds is 3. The molecule has 0 aromatic carbocycles. The highest BCUT2D eigenvalue weighted by Gasteiger charge is 2.26. The molecule has 2 rings (SSSR count). The van der Waals surface area contributed by atoms with Crippen molar-refractivity contribution in [3.05, 3.63) is 44.2 Å². The number of carbonyl (C=O) groups is 1. The van der Waals surface area contributed by atoms with E-state index in [0.717, 1.165) is 16.9 Å². The topological polar surface area (TPSA) is 144 Å². The molecule has 0 amide bonds. The second kappa shape index (κ2) is 4.33. The van der Waals surface area contributed by atoms with Crippen LogP contribution in [0.5, 0.6) is 0 Å². The molecule has 2 N–H and O–H groups in total. The number of aromatic nitrogens is 4. The van der Waals surface area contributed by atoms with Crippen molar-refractivity contribution in [2.75, 3.05) is 0 Å². The molecule has 10 nitrogen and oxygen atoms in total. The van der Waals surface area contributed by atoms with E-state index in [1.807, 2.05) is 0 Å². The van der Waals surface area contributed by atoms with Crippen LogP contribution >= 0.6 is 0 Å². The van der Waals surface area contributed by atoms with Gasteiger partial charge in [0.25, 0.3) is 5.56 Å². The van der Waals surface area contributed by atoms with Crippen molar-refractivity contribution in [1.29, 1.82) is 0 Å². The predicted molar refractivity (Wildman–Crippen MR) is 60.3 cm³/mol. The molecule has 0 bridgehead atoms. The van der Waals surface area contributed by atoms with Crippen LogP contribution in [0.2, 0.25) is 0 Å². The van der Waals surface area contributed by atoms with Gasteiger partial charge in [-0.05, 0) is 6.92 Å². The second-order valence-corrected chi connectivity index (χ2v) is 3.56. The van der Waals surface area contributed by atoms with Crippen molar-refractivity contribution >= 4 is 11.7 Å². The first-order valence-corrected chi connectivity index (χ1v) is 4.94. The average molecular weight is 265 g/mol. The Labute approximate surface area is 104 Å². The van der Waals surface area contributed by atoms with E-state index in [-0.39, 0.29) is 11.6 Å². The number of aryl methyl sites for hydroxylation is 1. The fraction of sp³-hybridized carbons (Fsp3) is 0.111. The molecule has 0 aliphatic heterocycles. The summed E-state index contributed by atoms with van der Waals surface area (Å²) < 4.78 is 0.879. The summed E-state index contributed by atoms with van der Waals surface area (Å²) >= 11 is 0. The number of H-pyrrole nitrogens is 1. The fourth-order valence-electron chi connectivity index (χ4n) is 1.45. The van der Waals surface area contributed by atoms with Gasteiger partial charge < -0.3 is 10.1 Å². The molecular formula is C9H7N5O5. The van der Waals surface area contributed by atoms with Gasteiger partial charge in [0, 0.05) is 6.07 Å². The minimum Gasteiger partial charge on any atom is -0.476 e. The van der Waals surface area contributed by atoms with E-state index in [2.05, 4.69) is 15.1 Å². The number of nitro groups is 1. The first-order valence-electron chi connectivity index (χ1n) is 4.94. The Kier molecular flexibility index (Phi) is 2.83. The molecule has 10 heteroatoms. The summed E-state index contributed by atoms with van der Waals surface area (Å²) in [5.41, 5.74) is -1.87. The van der Waals surface area contributed by atoms with Crippen LogP contribution in [0.3, 0.4) is 0 Å². The Balaban J connectivity index is 2.63. The molecule has 2 heterocycles. The second-order valence-electron chi connectivity index (χ2n) is 3.56. The van der Waals surface area contributed by atoms with E-state index in [9.17, 15) is 19.7 Å². The van der Waals surface area contributed by atoms with Gasteiger partial charge in [-0.15, -0.1) is 0 Å². The molecule has 0 spiro atoms. The average Bonchev–Trinajstić information content (AvgIpc) is 2.72. The summed E-state index contributed by atoms with van der Waals surface area (Å²) in [5, 5.41) is 23.1. The van der Waals surface area contributed by atoms with Gasteiger partial charge in [0.15, 0.2) is 5.82 Å². The molecule has 2 aromatic rings. The van der Waals surface area contributed by atoms with Gasteiger partial charge in [-0.25, -0.2) is 14.5 Å². The highest BCUT2D eigenvalue weighted by Crippen LogP contribution is 2.18. The minimum absolute atomic E-state index is 0.00292. The van der Waals surface area contributed by atoms with Crippen LogP contribution in [0.25, 0.3) is 5.82 Å². The quantitative estimate of drug-likeness (QED) is 0.580. The molecule has 0 fully saturated rings. The first kappa shape index (κ1) is 12.4. The van der Waals surface area contributed by atoms with Crippen molar-refractivity contribution in [3.8, 4) is 5.82 Å². The number of nitrogens with zero attached hydrogens (tertiary/aromatic N) is 4. The zero-order valence-corrected chi connectivity index (χ0v) is 9.52. The molecule has 19 heavy (non-hydrogen) atoms. The summed E-state index contributed by atoms with van der Waals surface area (Å²) in [6, 6.07) is 1.05. The van der Waals surface area contributed by atoms with Crippen molar-refractivity contribution < 1.29 is 14.8 Å². The van der Waals surface area contributed by atoms with Crippen LogP contribution in [0.4, 0.5) is 5.69 Å². The van der Waals surface area contributed by atoms with Gasteiger partial charge in [-0.2, -0.15) is 5.10 Å². The third kappa shape index (κ3) is 2.31. The number of aromatic amines is 1. The minimum atomic E-state index is -1.54. The van der Waals surface area contributed by atoms with Crippen molar-refractivity contribution in [1.82, 2.24) is 19.7 Å². The lowest BCUT2D eigenvalue weighted by Crippen LogP contribution is -2.12. The number of carboxylic acid groups (broad SMARTS) is 1. The van der Waals surface area contributed by atoms with E-state index >= 15 is 0 Å². The Morgan fingerprint density at radius 3 is 2.74 bits per heavy atom. The SMILES string of the molecule is Cc1nc(-n2cc([N+](=O)[O-])c(C(=O)O)n2)cc(=O)[nH]1. The molecule has 0 unspecified atom stereocenters. The number of nitrogens with one attached hydrogen (secondary N) is 1. The van der Waals surface area contributed by atoms with Gasteiger partial charge in [0.05, 0.1) is 4.92 Å². The summed E-state index contributed by atoms with van der Waals surface area (Å²) in [7, 11) is 0. The Morgan fingerprint density at radius 2 is 2.26 bits per heavy atom. The lowest BCUT2D eigenvalue weighted by Gasteiger charge is -1.99. The highest BCUT2D eigenvalue weighted by molar-refractivity contribution is 5.89. The number of carboxylic acids is 1. The molecule has 98 valence electrons. The van der Waals surface area contributed by atoms with Gasteiger partial charge in [-0.1, -0.05) is 0 Å². The lowest BCUT2D eigenvalue weighted by atomic mass is 10.4. The number of aromatic carboxylic acids is 1. The molecule has 0 atom stereocenters. The maximum absolute atomic E-state index is 11.3. The fourth-order valence-corrected chi connectivity index (χ4v) is 1.45. The molecule has 0 aliphatic rings. The number of hydrogen-bond acceptors (Lipinski definition) is 6. The van der Waals surface area contributed by atoms with Crippen LogP contribution in [-0.2, 0) is 0 Å². The highest BCUT2D eigenvalue weighted by atomic mass is 16.6. The van der Waals surface area contributed by atoms with Crippen molar-refractivity contribution in [2.45, 2.75) is 6.92 Å². The first-order chi connectivity index (χ1) is 8.88. The summed E-state index contributed by atoms with van der Waals surface area (Å²) in [4.78, 5) is 38.2. The summed E-state index contributed by atoms with van der Waals surface area (Å²) in [6.45, 7) is 1.51. The summed E-state index contributed by atoms with van der Waals surface area (Å²) in [6.07, 6.45) is 0.894. The summed E-state index contributed by atoms with van der Waals surface area (Å²) in [5.74, 6) is -1.26. The van der Waals surface area contributed by atoms with Gasteiger partial charge >= 0.3 is 11.7 Å². The molecule has 0 saturated heterocycles. The van der Waals surface area contributed by atoms with Gasteiger partial charge in [0.2, 0.25) is 5.69 Å². The largest absolute Gasteiger partial charge is 0.476 e. The normalized spacial score (nSPS) is 10.4. The monoisotopic (exact) mass is 265 g/mol. The Hall–Kier alpha value is -3.04. The van der Waals surface area contributed by atoms with Crippen LogP contribution in [0, 0.1) is 17.0 Å². The van der Waals surface area contributed by atoms with Crippen molar-refractivity contribution in [3.63, 3.8) is 0 Å². The van der Waals surface area contributed by atoms with Crippen LogP contribution < -0.4 is 5.56 Å². The lowest BCUT2D eigenvalue weighted by molar-refractivity contribution is -0.385. The third-order valence-corrected chi connectivity index (χ3v) is 2.18. The maximum Gasteiger partial charge on any atom is 0.363 e. The maximum atomic E-state index is 11.3. The smallest absolute Gasteiger partial charge is 0.363 e. The van der Waals surface area contributed by atoms with E-state index in [1.165, 1.54) is 6.92 Å². The van der Waals surface area contributed by atoms with E-state index in [0.29, 0.717) is 0 Å². The van der Waals surface area contributed by atoms with Gasteiger partial charge in [0.1, 0.15) is 12.0 Å². The van der Waals surface area contributed by atoms with Crippen LogP contribution in [-0.4, -0.2) is 35.7 Å². The van der Waals surface area contributed by atoms with Crippen LogP contribution in [0.15, 0.2) is 17.1 Å². The van der Waals surface area contributed by atoms with E-state index in [4.69, 9.17) is 5.11 Å². The molecular weight excluding hydrogens is 258 g/mol. The molecule has 0 aliphatic carbocycles. The van der Waals surface area contributed by atoms with Gasteiger partial charge in [-0.3, -0.25) is 14.9 Å².